The molecule has 1 N–H and O–H groups in total. The van der Waals surface area contributed by atoms with Crippen molar-refractivity contribution < 1.29 is 18.7 Å². The van der Waals surface area contributed by atoms with E-state index in [2.05, 4.69) is 10.3 Å². The van der Waals surface area contributed by atoms with Crippen molar-refractivity contribution in [3.63, 3.8) is 0 Å². The van der Waals surface area contributed by atoms with Crippen molar-refractivity contribution in [3.8, 4) is 17.2 Å². The van der Waals surface area contributed by atoms with E-state index in [9.17, 15) is 14.0 Å². The number of halogens is 1. The van der Waals surface area contributed by atoms with Crippen LogP contribution in [0.15, 0.2) is 76.7 Å². The summed E-state index contributed by atoms with van der Waals surface area (Å²) in [7, 11) is 3.15. The van der Waals surface area contributed by atoms with Crippen molar-refractivity contribution in [2.24, 2.45) is 0 Å². The molecule has 1 aromatic heterocycles. The maximum Gasteiger partial charge on any atom is 0.266 e. The van der Waals surface area contributed by atoms with Crippen LogP contribution in [0.2, 0.25) is 0 Å². The van der Waals surface area contributed by atoms with E-state index in [4.69, 9.17) is 9.47 Å². The molecule has 7 nitrogen and oxygen atoms in total. The van der Waals surface area contributed by atoms with Crippen molar-refractivity contribution in [1.82, 2.24) is 14.9 Å². The highest BCUT2D eigenvalue weighted by Gasteiger charge is 2.17. The van der Waals surface area contributed by atoms with Crippen LogP contribution in [0, 0.1) is 5.82 Å². The molecule has 9 heteroatoms. The van der Waals surface area contributed by atoms with E-state index >= 15 is 0 Å². The summed E-state index contributed by atoms with van der Waals surface area (Å²) in [4.78, 5) is 30.3. The van der Waals surface area contributed by atoms with Gasteiger partial charge in [0.25, 0.3) is 5.56 Å². The molecule has 0 saturated heterocycles. The number of methoxy groups -OCH3 is 2. The van der Waals surface area contributed by atoms with E-state index in [-0.39, 0.29) is 22.5 Å². The molecule has 0 fully saturated rings. The number of hydrogen-bond donors (Lipinski definition) is 1. The Morgan fingerprint density at radius 3 is 2.54 bits per heavy atom. The van der Waals surface area contributed by atoms with E-state index in [1.807, 2.05) is 18.2 Å². The molecule has 0 aliphatic carbocycles. The number of carbonyl (C=O) groups excluding carboxylic acids is 1. The van der Waals surface area contributed by atoms with Crippen LogP contribution in [0.1, 0.15) is 5.56 Å². The Labute approximate surface area is 205 Å². The Kier molecular flexibility index (Phi) is 7.67. The summed E-state index contributed by atoms with van der Waals surface area (Å²) in [5.74, 6) is 0.511. The molecule has 0 atom stereocenters. The Morgan fingerprint density at radius 2 is 1.77 bits per heavy atom. The number of aromatic nitrogens is 2. The average Bonchev–Trinajstić information content (AvgIpc) is 2.88. The number of fused-ring (bicyclic) bond motifs is 1. The second kappa shape index (κ2) is 11.1. The van der Waals surface area contributed by atoms with Gasteiger partial charge >= 0.3 is 0 Å². The fourth-order valence-electron chi connectivity index (χ4n) is 3.62. The molecular formula is C26H24FN3O4S. The van der Waals surface area contributed by atoms with Gasteiger partial charge in [-0.2, -0.15) is 0 Å². The molecule has 0 aliphatic rings. The van der Waals surface area contributed by atoms with Crippen LogP contribution in [0.3, 0.4) is 0 Å². The van der Waals surface area contributed by atoms with Crippen LogP contribution >= 0.6 is 11.8 Å². The van der Waals surface area contributed by atoms with E-state index in [1.165, 1.54) is 16.7 Å². The third-order valence-electron chi connectivity index (χ3n) is 5.35. The number of nitrogens with zero attached hydrogens (tertiary/aromatic N) is 2. The predicted molar refractivity (Wildman–Crippen MR) is 134 cm³/mol. The van der Waals surface area contributed by atoms with Gasteiger partial charge in [-0.15, -0.1) is 0 Å². The standard InChI is InChI=1S/C26H24FN3O4S/c1-33-22-12-11-17(15-23(22)34-2)13-14-28-24(31)16-35-26-29-20-9-5-3-7-18(20)25(32)30(26)21-10-6-4-8-19(21)27/h3-12,15H,13-14,16H2,1-2H3,(H,28,31). The molecule has 0 unspecified atom stereocenters. The summed E-state index contributed by atoms with van der Waals surface area (Å²) in [5, 5.41) is 3.49. The predicted octanol–water partition coefficient (Wildman–Crippen LogP) is 3.99. The Balaban J connectivity index is 1.48. The highest BCUT2D eigenvalue weighted by atomic mass is 32.2. The summed E-state index contributed by atoms with van der Waals surface area (Å²) in [6.45, 7) is 0.417. The molecule has 0 bridgehead atoms. The lowest BCUT2D eigenvalue weighted by atomic mass is 10.1. The lowest BCUT2D eigenvalue weighted by Gasteiger charge is -2.14. The van der Waals surface area contributed by atoms with Gasteiger partial charge in [0.1, 0.15) is 5.82 Å². The molecule has 0 spiro atoms. The molecule has 0 saturated carbocycles. The molecule has 180 valence electrons. The van der Waals surface area contributed by atoms with Gasteiger partial charge < -0.3 is 14.8 Å². The van der Waals surface area contributed by atoms with Crippen molar-refractivity contribution in [2.45, 2.75) is 11.6 Å². The second-order valence-electron chi connectivity index (χ2n) is 7.58. The topological polar surface area (TPSA) is 82.5 Å². The number of ether oxygens (including phenoxy) is 2. The van der Waals surface area contributed by atoms with Gasteiger partial charge in [-0.3, -0.25) is 14.2 Å². The Morgan fingerprint density at radius 1 is 1.03 bits per heavy atom. The lowest BCUT2D eigenvalue weighted by molar-refractivity contribution is -0.118. The largest absolute Gasteiger partial charge is 0.493 e. The maximum atomic E-state index is 14.6. The summed E-state index contributed by atoms with van der Waals surface area (Å²) in [5.41, 5.74) is 1.17. The Bertz CT molecular complexity index is 1420. The van der Waals surface area contributed by atoms with Crippen molar-refractivity contribution >= 4 is 28.6 Å². The molecule has 0 radical (unpaired) electrons. The zero-order valence-corrected chi connectivity index (χ0v) is 20.1. The van der Waals surface area contributed by atoms with Crippen LogP contribution in [0.5, 0.6) is 11.5 Å². The van der Waals surface area contributed by atoms with Gasteiger partial charge in [-0.1, -0.05) is 42.1 Å². The minimum atomic E-state index is -0.548. The number of nitrogens with one attached hydrogen (secondary N) is 1. The fourth-order valence-corrected chi connectivity index (χ4v) is 4.45. The van der Waals surface area contributed by atoms with Gasteiger partial charge in [0, 0.05) is 6.54 Å². The van der Waals surface area contributed by atoms with Gasteiger partial charge in [-0.25, -0.2) is 9.37 Å². The van der Waals surface area contributed by atoms with Crippen molar-refractivity contribution in [3.05, 3.63) is 88.5 Å². The zero-order valence-electron chi connectivity index (χ0n) is 19.3. The van der Waals surface area contributed by atoms with Gasteiger partial charge in [-0.05, 0) is 48.4 Å². The van der Waals surface area contributed by atoms with Crippen LogP contribution in [0.25, 0.3) is 16.6 Å². The third kappa shape index (κ3) is 5.46. The smallest absolute Gasteiger partial charge is 0.266 e. The van der Waals surface area contributed by atoms with Crippen LogP contribution in [-0.4, -0.2) is 42.0 Å². The quantitative estimate of drug-likeness (QED) is 0.280. The highest BCUT2D eigenvalue weighted by molar-refractivity contribution is 7.99. The third-order valence-corrected chi connectivity index (χ3v) is 6.29. The molecule has 3 aromatic carbocycles. The van der Waals surface area contributed by atoms with Crippen LogP contribution in [0.4, 0.5) is 4.39 Å². The number of amides is 1. The zero-order chi connectivity index (χ0) is 24.8. The molecule has 0 aliphatic heterocycles. The van der Waals surface area contributed by atoms with Crippen molar-refractivity contribution in [1.29, 1.82) is 0 Å². The molecule has 4 aromatic rings. The second-order valence-corrected chi connectivity index (χ2v) is 8.52. The first-order chi connectivity index (χ1) is 17.0. The first kappa shape index (κ1) is 24.3. The summed E-state index contributed by atoms with van der Waals surface area (Å²) in [6.07, 6.45) is 0.602. The highest BCUT2D eigenvalue weighted by Crippen LogP contribution is 2.27. The fraction of sp³-hybridized carbons (Fsp3) is 0.192. The number of carbonyl (C=O) groups is 1. The average molecular weight is 494 g/mol. The minimum Gasteiger partial charge on any atom is -0.493 e. The minimum absolute atomic E-state index is 0.0190. The van der Waals surface area contributed by atoms with E-state index in [0.29, 0.717) is 35.4 Å². The van der Waals surface area contributed by atoms with E-state index in [0.717, 1.165) is 17.3 Å². The first-order valence-corrected chi connectivity index (χ1v) is 11.9. The van der Waals surface area contributed by atoms with Gasteiger partial charge in [0.15, 0.2) is 16.7 Å². The first-order valence-electron chi connectivity index (χ1n) is 10.9. The van der Waals surface area contributed by atoms with Crippen molar-refractivity contribution in [2.75, 3.05) is 26.5 Å². The van der Waals surface area contributed by atoms with E-state index < -0.39 is 11.4 Å². The maximum absolute atomic E-state index is 14.6. The molecule has 1 heterocycles. The van der Waals surface area contributed by atoms with Gasteiger partial charge in [0.2, 0.25) is 5.91 Å². The number of benzene rings is 3. The number of hydrogen-bond acceptors (Lipinski definition) is 6. The molecule has 1 amide bonds. The summed E-state index contributed by atoms with van der Waals surface area (Å²) >= 11 is 1.08. The SMILES string of the molecule is COc1ccc(CCNC(=O)CSc2nc3ccccc3c(=O)n2-c2ccccc2F)cc1OC. The monoisotopic (exact) mass is 493 g/mol. The molecular weight excluding hydrogens is 469 g/mol. The number of para-hydroxylation sites is 2. The summed E-state index contributed by atoms with van der Waals surface area (Å²) < 4.78 is 26.3. The lowest BCUT2D eigenvalue weighted by Crippen LogP contribution is -2.28. The van der Waals surface area contributed by atoms with Gasteiger partial charge in [0.05, 0.1) is 36.6 Å². The normalized spacial score (nSPS) is 10.8. The number of thioether (sulfide) groups is 1. The number of rotatable bonds is 9. The van der Waals surface area contributed by atoms with Crippen LogP contribution in [-0.2, 0) is 11.2 Å². The molecule has 4 rings (SSSR count). The van der Waals surface area contributed by atoms with E-state index in [1.54, 1.807) is 50.6 Å². The Hall–Kier alpha value is -3.85. The summed E-state index contributed by atoms with van der Waals surface area (Å²) in [6, 6.07) is 18.5. The molecule has 35 heavy (non-hydrogen) atoms. The van der Waals surface area contributed by atoms with Crippen LogP contribution < -0.4 is 20.3 Å².